The maximum absolute atomic E-state index is 5.55. The quantitative estimate of drug-likeness (QED) is 0.414. The zero-order chi connectivity index (χ0) is 11.8. The summed E-state index contributed by atoms with van der Waals surface area (Å²) in [4.78, 5) is 1.29. The number of nitrogens with two attached hydrogens (primary N) is 1. The summed E-state index contributed by atoms with van der Waals surface area (Å²) >= 11 is 1.73. The van der Waals surface area contributed by atoms with Crippen molar-refractivity contribution in [1.82, 2.24) is 5.43 Å². The molecule has 0 aliphatic carbocycles. The van der Waals surface area contributed by atoms with Gasteiger partial charge in [0.2, 0.25) is 0 Å². The van der Waals surface area contributed by atoms with Crippen LogP contribution >= 0.6 is 11.3 Å². The van der Waals surface area contributed by atoms with E-state index in [-0.39, 0.29) is 6.04 Å². The summed E-state index contributed by atoms with van der Waals surface area (Å²) in [7, 11) is 1.67. The Morgan fingerprint density at radius 2 is 2.25 bits per heavy atom. The number of hydrogen-bond donors (Lipinski definition) is 2. The summed E-state index contributed by atoms with van der Waals surface area (Å²) in [6, 6.07) is 2.29. The summed E-state index contributed by atoms with van der Waals surface area (Å²) < 4.78 is 10.3. The van der Waals surface area contributed by atoms with Gasteiger partial charge in [-0.2, -0.15) is 0 Å². The number of rotatable bonds is 8. The molecule has 1 rings (SSSR count). The lowest BCUT2D eigenvalue weighted by Gasteiger charge is -2.15. The smallest absolute Gasteiger partial charge is 0.0700 e. The van der Waals surface area contributed by atoms with Crippen molar-refractivity contribution in [3.63, 3.8) is 0 Å². The highest BCUT2D eigenvalue weighted by atomic mass is 32.1. The van der Waals surface area contributed by atoms with Gasteiger partial charge in [0.05, 0.1) is 19.3 Å². The number of hydrazine groups is 1. The molecule has 1 atom stereocenters. The topological polar surface area (TPSA) is 56.5 Å². The number of ether oxygens (including phenoxy) is 2. The van der Waals surface area contributed by atoms with Gasteiger partial charge in [0, 0.05) is 18.6 Å². The highest BCUT2D eigenvalue weighted by molar-refractivity contribution is 7.10. The lowest BCUT2D eigenvalue weighted by atomic mass is 10.1. The maximum atomic E-state index is 5.55. The average molecular weight is 244 g/mol. The molecule has 0 saturated carbocycles. The summed E-state index contributed by atoms with van der Waals surface area (Å²) in [5, 5.41) is 2.08. The molecule has 92 valence electrons. The molecule has 0 aliphatic rings. The molecule has 0 spiro atoms. The first kappa shape index (κ1) is 13.6. The molecule has 0 saturated heterocycles. The van der Waals surface area contributed by atoms with Crippen molar-refractivity contribution in [2.75, 3.05) is 26.9 Å². The van der Waals surface area contributed by atoms with Crippen LogP contribution in [0.5, 0.6) is 0 Å². The van der Waals surface area contributed by atoms with Crippen molar-refractivity contribution in [3.05, 3.63) is 21.9 Å². The summed E-state index contributed by atoms with van der Waals surface area (Å²) in [6.07, 6.45) is 0.877. The van der Waals surface area contributed by atoms with Crippen LogP contribution in [0.1, 0.15) is 22.9 Å². The predicted octanol–water partition coefficient (Wildman–Crippen LogP) is 1.61. The molecular weight excluding hydrogens is 224 g/mol. The van der Waals surface area contributed by atoms with Crippen molar-refractivity contribution >= 4 is 11.3 Å². The second kappa shape index (κ2) is 7.76. The van der Waals surface area contributed by atoms with Crippen LogP contribution in [0, 0.1) is 6.92 Å². The van der Waals surface area contributed by atoms with Crippen molar-refractivity contribution in [1.29, 1.82) is 0 Å². The third-order valence-corrected chi connectivity index (χ3v) is 3.53. The largest absolute Gasteiger partial charge is 0.382 e. The van der Waals surface area contributed by atoms with Crippen molar-refractivity contribution < 1.29 is 9.47 Å². The molecule has 0 radical (unpaired) electrons. The first-order valence-corrected chi connectivity index (χ1v) is 6.24. The van der Waals surface area contributed by atoms with Crippen LogP contribution in [0.25, 0.3) is 0 Å². The van der Waals surface area contributed by atoms with E-state index in [0.717, 1.165) is 6.42 Å². The normalized spacial score (nSPS) is 12.9. The number of thiophene rings is 1. The maximum Gasteiger partial charge on any atom is 0.0700 e. The Kier molecular flexibility index (Phi) is 6.59. The summed E-state index contributed by atoms with van der Waals surface area (Å²) in [5.41, 5.74) is 4.12. The molecule has 1 aromatic heterocycles. The van der Waals surface area contributed by atoms with Gasteiger partial charge < -0.3 is 9.47 Å². The van der Waals surface area contributed by atoms with Crippen LogP contribution in [0.3, 0.4) is 0 Å². The fourth-order valence-corrected chi connectivity index (χ4v) is 2.50. The molecule has 3 N–H and O–H groups in total. The van der Waals surface area contributed by atoms with Gasteiger partial charge in [-0.1, -0.05) is 0 Å². The minimum Gasteiger partial charge on any atom is -0.382 e. The predicted molar refractivity (Wildman–Crippen MR) is 66.4 cm³/mol. The van der Waals surface area contributed by atoms with E-state index in [1.165, 1.54) is 10.4 Å². The minimum absolute atomic E-state index is 0.183. The molecule has 1 aromatic rings. The highest BCUT2D eigenvalue weighted by Crippen LogP contribution is 2.25. The Morgan fingerprint density at radius 3 is 2.81 bits per heavy atom. The van der Waals surface area contributed by atoms with Crippen LogP contribution in [0.2, 0.25) is 0 Å². The van der Waals surface area contributed by atoms with E-state index in [4.69, 9.17) is 15.3 Å². The van der Waals surface area contributed by atoms with Crippen LogP contribution in [-0.2, 0) is 9.47 Å². The Morgan fingerprint density at radius 1 is 1.44 bits per heavy atom. The second-order valence-electron chi connectivity index (χ2n) is 3.58. The second-order valence-corrected chi connectivity index (χ2v) is 4.53. The molecule has 4 nitrogen and oxygen atoms in total. The highest BCUT2D eigenvalue weighted by Gasteiger charge is 2.13. The Balaban J connectivity index is 2.30. The van der Waals surface area contributed by atoms with Crippen LogP contribution < -0.4 is 11.3 Å². The standard InChI is InChI=1S/C11H20N2O2S/c1-9-4-8-16-11(9)10(13-12)3-5-15-7-6-14-2/h4,8,10,13H,3,5-7,12H2,1-2H3. The van der Waals surface area contributed by atoms with E-state index in [0.29, 0.717) is 19.8 Å². The van der Waals surface area contributed by atoms with Gasteiger partial charge in [0.15, 0.2) is 0 Å². The molecule has 16 heavy (non-hydrogen) atoms. The molecule has 1 unspecified atom stereocenters. The van der Waals surface area contributed by atoms with E-state index in [1.54, 1.807) is 18.4 Å². The molecule has 5 heteroatoms. The third-order valence-electron chi connectivity index (χ3n) is 2.40. The van der Waals surface area contributed by atoms with Gasteiger partial charge >= 0.3 is 0 Å². The number of nitrogens with one attached hydrogen (secondary N) is 1. The molecular formula is C11H20N2O2S. The Labute approximate surface area is 101 Å². The number of methoxy groups -OCH3 is 1. The fourth-order valence-electron chi connectivity index (χ4n) is 1.48. The number of hydrogen-bond acceptors (Lipinski definition) is 5. The van der Waals surface area contributed by atoms with E-state index < -0.39 is 0 Å². The minimum atomic E-state index is 0.183. The van der Waals surface area contributed by atoms with E-state index in [9.17, 15) is 0 Å². The third kappa shape index (κ3) is 4.19. The zero-order valence-electron chi connectivity index (χ0n) is 9.86. The Hall–Kier alpha value is -0.460. The first-order valence-electron chi connectivity index (χ1n) is 5.36. The van der Waals surface area contributed by atoms with Crippen LogP contribution in [0.4, 0.5) is 0 Å². The molecule has 0 amide bonds. The molecule has 0 bridgehead atoms. The summed E-state index contributed by atoms with van der Waals surface area (Å²) in [6.45, 7) is 4.06. The van der Waals surface area contributed by atoms with E-state index >= 15 is 0 Å². The van der Waals surface area contributed by atoms with Gasteiger partial charge in [-0.3, -0.25) is 11.3 Å². The molecule has 0 aliphatic heterocycles. The zero-order valence-corrected chi connectivity index (χ0v) is 10.7. The molecule has 1 heterocycles. The van der Waals surface area contributed by atoms with Gasteiger partial charge in [0.1, 0.15) is 0 Å². The monoisotopic (exact) mass is 244 g/mol. The van der Waals surface area contributed by atoms with Crippen LogP contribution in [-0.4, -0.2) is 26.9 Å². The van der Waals surface area contributed by atoms with Crippen molar-refractivity contribution in [2.24, 2.45) is 5.84 Å². The van der Waals surface area contributed by atoms with Gasteiger partial charge in [-0.25, -0.2) is 0 Å². The lowest BCUT2D eigenvalue weighted by molar-refractivity contribution is 0.0659. The first-order chi connectivity index (χ1) is 7.79. The van der Waals surface area contributed by atoms with E-state index in [1.807, 2.05) is 0 Å². The molecule has 0 aromatic carbocycles. The van der Waals surface area contributed by atoms with Crippen LogP contribution in [0.15, 0.2) is 11.4 Å². The van der Waals surface area contributed by atoms with Gasteiger partial charge in [-0.15, -0.1) is 11.3 Å². The molecule has 0 fully saturated rings. The van der Waals surface area contributed by atoms with Gasteiger partial charge in [0.25, 0.3) is 0 Å². The number of aryl methyl sites for hydroxylation is 1. The lowest BCUT2D eigenvalue weighted by Crippen LogP contribution is -2.28. The Bertz CT molecular complexity index is 291. The SMILES string of the molecule is COCCOCCC(NN)c1sccc1C. The summed E-state index contributed by atoms with van der Waals surface area (Å²) in [5.74, 6) is 5.55. The van der Waals surface area contributed by atoms with Crippen molar-refractivity contribution in [3.8, 4) is 0 Å². The van der Waals surface area contributed by atoms with E-state index in [2.05, 4.69) is 23.8 Å². The van der Waals surface area contributed by atoms with Gasteiger partial charge in [-0.05, 0) is 30.4 Å². The van der Waals surface area contributed by atoms with Crippen molar-refractivity contribution in [2.45, 2.75) is 19.4 Å². The fraction of sp³-hybridized carbons (Fsp3) is 0.636. The average Bonchev–Trinajstić information content (AvgIpc) is 2.70.